The van der Waals surface area contributed by atoms with Gasteiger partial charge in [-0.1, -0.05) is 49.2 Å². The van der Waals surface area contributed by atoms with Crippen molar-refractivity contribution in [2.45, 2.75) is 38.7 Å². The van der Waals surface area contributed by atoms with Gasteiger partial charge >= 0.3 is 0 Å². The summed E-state index contributed by atoms with van der Waals surface area (Å²) in [5.74, 6) is 0.892. The number of hydrogen-bond acceptors (Lipinski definition) is 2. The molecule has 0 aliphatic carbocycles. The monoisotopic (exact) mass is 297 g/mol. The second-order valence-electron chi connectivity index (χ2n) is 5.98. The minimum atomic E-state index is -0.441. The van der Waals surface area contributed by atoms with E-state index in [-0.39, 0.29) is 5.91 Å². The van der Waals surface area contributed by atoms with Gasteiger partial charge in [-0.25, -0.2) is 0 Å². The Hall–Kier alpha value is -2.03. The molecule has 3 heteroatoms. The SMILES string of the molecule is C[C@H](Oc1cccc2ccccc12)C(=O)N1CCCCCC1. The molecule has 2 aromatic carbocycles. The van der Waals surface area contributed by atoms with E-state index in [9.17, 15) is 4.79 Å². The molecule has 22 heavy (non-hydrogen) atoms. The summed E-state index contributed by atoms with van der Waals surface area (Å²) >= 11 is 0. The number of ether oxygens (including phenoxy) is 1. The average molecular weight is 297 g/mol. The highest BCUT2D eigenvalue weighted by atomic mass is 16.5. The molecule has 1 heterocycles. The van der Waals surface area contributed by atoms with E-state index in [0.717, 1.165) is 42.5 Å². The Labute approximate surface area is 131 Å². The number of likely N-dealkylation sites (tertiary alicyclic amines) is 1. The number of nitrogens with zero attached hydrogens (tertiary/aromatic N) is 1. The van der Waals surface area contributed by atoms with Crippen molar-refractivity contribution in [2.75, 3.05) is 13.1 Å². The number of fused-ring (bicyclic) bond motifs is 1. The molecule has 0 aromatic heterocycles. The van der Waals surface area contributed by atoms with Crippen LogP contribution in [0.5, 0.6) is 5.75 Å². The van der Waals surface area contributed by atoms with Crippen LogP contribution in [0, 0.1) is 0 Å². The van der Waals surface area contributed by atoms with Crippen molar-refractivity contribution >= 4 is 16.7 Å². The highest BCUT2D eigenvalue weighted by Crippen LogP contribution is 2.26. The van der Waals surface area contributed by atoms with Crippen LogP contribution in [0.15, 0.2) is 42.5 Å². The van der Waals surface area contributed by atoms with Crippen LogP contribution in [0.4, 0.5) is 0 Å². The van der Waals surface area contributed by atoms with Gasteiger partial charge in [-0.05, 0) is 31.2 Å². The van der Waals surface area contributed by atoms with Gasteiger partial charge in [0.2, 0.25) is 0 Å². The van der Waals surface area contributed by atoms with Crippen LogP contribution < -0.4 is 4.74 Å². The molecule has 1 atom stereocenters. The lowest BCUT2D eigenvalue weighted by atomic mass is 10.1. The zero-order valence-corrected chi connectivity index (χ0v) is 13.1. The lowest BCUT2D eigenvalue weighted by Crippen LogP contribution is -2.41. The summed E-state index contributed by atoms with van der Waals surface area (Å²) in [5, 5.41) is 2.19. The van der Waals surface area contributed by atoms with E-state index in [0.29, 0.717) is 0 Å². The zero-order valence-electron chi connectivity index (χ0n) is 13.1. The third-order valence-electron chi connectivity index (χ3n) is 4.32. The summed E-state index contributed by atoms with van der Waals surface area (Å²) in [6, 6.07) is 14.1. The molecule has 3 rings (SSSR count). The van der Waals surface area contributed by atoms with Gasteiger partial charge in [-0.2, -0.15) is 0 Å². The van der Waals surface area contributed by atoms with E-state index < -0.39 is 6.10 Å². The summed E-state index contributed by atoms with van der Waals surface area (Å²) < 4.78 is 5.99. The molecule has 2 aromatic rings. The largest absolute Gasteiger partial charge is 0.480 e. The van der Waals surface area contributed by atoms with Crippen molar-refractivity contribution in [1.82, 2.24) is 4.90 Å². The fourth-order valence-electron chi connectivity index (χ4n) is 3.09. The Kier molecular flexibility index (Phi) is 4.62. The fourth-order valence-corrected chi connectivity index (χ4v) is 3.09. The molecule has 0 bridgehead atoms. The third-order valence-corrected chi connectivity index (χ3v) is 4.32. The lowest BCUT2D eigenvalue weighted by Gasteiger charge is -2.25. The maximum absolute atomic E-state index is 12.6. The van der Waals surface area contributed by atoms with Crippen molar-refractivity contribution in [3.63, 3.8) is 0 Å². The van der Waals surface area contributed by atoms with Gasteiger partial charge in [0.15, 0.2) is 6.10 Å². The smallest absolute Gasteiger partial charge is 0.263 e. The molecule has 1 amide bonds. The Morgan fingerprint density at radius 1 is 1.00 bits per heavy atom. The Bertz CT molecular complexity index is 639. The summed E-state index contributed by atoms with van der Waals surface area (Å²) in [5.41, 5.74) is 0. The van der Waals surface area contributed by atoms with E-state index in [1.807, 2.05) is 42.2 Å². The van der Waals surface area contributed by atoms with Gasteiger partial charge in [0.1, 0.15) is 5.75 Å². The van der Waals surface area contributed by atoms with Crippen LogP contribution in [0.2, 0.25) is 0 Å². The first-order chi connectivity index (χ1) is 10.8. The van der Waals surface area contributed by atoms with Crippen LogP contribution in [0.3, 0.4) is 0 Å². The quantitative estimate of drug-likeness (QED) is 0.856. The molecule has 0 spiro atoms. The van der Waals surface area contributed by atoms with Crippen LogP contribution in [-0.2, 0) is 4.79 Å². The Morgan fingerprint density at radius 3 is 2.45 bits per heavy atom. The molecular formula is C19H23NO2. The van der Waals surface area contributed by atoms with Crippen LogP contribution in [-0.4, -0.2) is 30.0 Å². The second kappa shape index (κ2) is 6.82. The number of hydrogen-bond donors (Lipinski definition) is 0. The van der Waals surface area contributed by atoms with Gasteiger partial charge in [-0.3, -0.25) is 4.79 Å². The lowest BCUT2D eigenvalue weighted by molar-refractivity contribution is -0.137. The summed E-state index contributed by atoms with van der Waals surface area (Å²) in [6.45, 7) is 3.58. The summed E-state index contributed by atoms with van der Waals surface area (Å²) in [4.78, 5) is 14.6. The van der Waals surface area contributed by atoms with Crippen molar-refractivity contribution < 1.29 is 9.53 Å². The first-order valence-electron chi connectivity index (χ1n) is 8.19. The van der Waals surface area contributed by atoms with E-state index in [1.165, 1.54) is 12.8 Å². The van der Waals surface area contributed by atoms with Crippen molar-refractivity contribution in [3.8, 4) is 5.75 Å². The highest BCUT2D eigenvalue weighted by molar-refractivity contribution is 5.89. The van der Waals surface area contributed by atoms with Gasteiger partial charge in [-0.15, -0.1) is 0 Å². The standard InChI is InChI=1S/C19H23NO2/c1-15(19(21)20-13-6-2-3-7-14-20)22-18-12-8-10-16-9-4-5-11-17(16)18/h4-5,8-12,15H,2-3,6-7,13-14H2,1H3/t15-/m0/s1. The Balaban J connectivity index is 1.74. The molecule has 0 N–H and O–H groups in total. The average Bonchev–Trinajstić information content (AvgIpc) is 2.83. The molecular weight excluding hydrogens is 274 g/mol. The second-order valence-corrected chi connectivity index (χ2v) is 5.98. The van der Waals surface area contributed by atoms with E-state index >= 15 is 0 Å². The number of amides is 1. The van der Waals surface area contributed by atoms with Crippen LogP contribution >= 0.6 is 0 Å². The van der Waals surface area contributed by atoms with Gasteiger partial charge in [0.05, 0.1) is 0 Å². The molecule has 116 valence electrons. The molecule has 1 aliphatic heterocycles. The van der Waals surface area contributed by atoms with Crippen LogP contribution in [0.25, 0.3) is 10.8 Å². The fraction of sp³-hybridized carbons (Fsp3) is 0.421. The number of carbonyl (C=O) groups excluding carboxylic acids is 1. The first-order valence-corrected chi connectivity index (χ1v) is 8.19. The van der Waals surface area contributed by atoms with E-state index in [4.69, 9.17) is 4.74 Å². The Morgan fingerprint density at radius 2 is 1.68 bits per heavy atom. The molecule has 1 saturated heterocycles. The molecule has 1 fully saturated rings. The van der Waals surface area contributed by atoms with Crippen molar-refractivity contribution in [3.05, 3.63) is 42.5 Å². The van der Waals surface area contributed by atoms with Crippen LogP contribution in [0.1, 0.15) is 32.6 Å². The number of benzene rings is 2. The third kappa shape index (κ3) is 3.24. The molecule has 3 nitrogen and oxygen atoms in total. The molecule has 0 unspecified atom stereocenters. The van der Waals surface area contributed by atoms with Crippen molar-refractivity contribution in [2.24, 2.45) is 0 Å². The van der Waals surface area contributed by atoms with Gasteiger partial charge in [0.25, 0.3) is 5.91 Å². The number of rotatable bonds is 3. The summed E-state index contributed by atoms with van der Waals surface area (Å²) in [6.07, 6.45) is 4.22. The summed E-state index contributed by atoms with van der Waals surface area (Å²) in [7, 11) is 0. The topological polar surface area (TPSA) is 29.5 Å². The maximum atomic E-state index is 12.6. The molecule has 0 saturated carbocycles. The van der Waals surface area contributed by atoms with E-state index in [2.05, 4.69) is 12.1 Å². The zero-order chi connectivity index (χ0) is 15.4. The van der Waals surface area contributed by atoms with Gasteiger partial charge in [0, 0.05) is 18.5 Å². The molecule has 1 aliphatic rings. The minimum absolute atomic E-state index is 0.106. The number of carbonyl (C=O) groups is 1. The molecule has 0 radical (unpaired) electrons. The van der Waals surface area contributed by atoms with Crippen molar-refractivity contribution in [1.29, 1.82) is 0 Å². The highest BCUT2D eigenvalue weighted by Gasteiger charge is 2.23. The minimum Gasteiger partial charge on any atom is -0.480 e. The first kappa shape index (κ1) is 14.9. The maximum Gasteiger partial charge on any atom is 0.263 e. The normalized spacial score (nSPS) is 17.0. The predicted molar refractivity (Wildman–Crippen MR) is 89.1 cm³/mol. The van der Waals surface area contributed by atoms with E-state index in [1.54, 1.807) is 0 Å². The van der Waals surface area contributed by atoms with Gasteiger partial charge < -0.3 is 9.64 Å². The predicted octanol–water partition coefficient (Wildman–Crippen LogP) is 4.01.